The Bertz CT molecular complexity index is 429. The highest BCUT2D eigenvalue weighted by atomic mass is 32.2. The second kappa shape index (κ2) is 15.4. The number of hydrogen-bond donors (Lipinski definition) is 0. The van der Waals surface area contributed by atoms with E-state index >= 15 is 0 Å². The van der Waals surface area contributed by atoms with Crippen LogP contribution in [-0.2, 0) is 14.2 Å². The van der Waals surface area contributed by atoms with Gasteiger partial charge in [0, 0.05) is 5.92 Å². The first kappa shape index (κ1) is 28.6. The second-order valence-corrected chi connectivity index (χ2v) is 13.1. The van der Waals surface area contributed by atoms with Crippen LogP contribution in [0.4, 0.5) is 0 Å². The lowest BCUT2D eigenvalue weighted by molar-refractivity contribution is -0.291. The Hall–Kier alpha value is 0.580. The molecule has 0 aliphatic carbocycles. The maximum atomic E-state index is 6.57. The fraction of sp³-hybridized carbons (Fsp3) is 1.00. The Morgan fingerprint density at radius 1 is 0.733 bits per heavy atom. The van der Waals surface area contributed by atoms with Gasteiger partial charge < -0.3 is 14.2 Å². The van der Waals surface area contributed by atoms with Gasteiger partial charge in [-0.2, -0.15) is 23.5 Å². The molecule has 30 heavy (non-hydrogen) atoms. The van der Waals surface area contributed by atoms with Gasteiger partial charge in [-0.25, -0.2) is 0 Å². The van der Waals surface area contributed by atoms with E-state index in [1.54, 1.807) is 0 Å². The van der Waals surface area contributed by atoms with Crippen LogP contribution in [0, 0.1) is 11.8 Å². The Morgan fingerprint density at radius 3 is 1.67 bits per heavy atom. The summed E-state index contributed by atoms with van der Waals surface area (Å²) in [5.74, 6) is 3.36. The first-order valence-electron chi connectivity index (χ1n) is 12.3. The minimum absolute atomic E-state index is 0.103. The van der Waals surface area contributed by atoms with Gasteiger partial charge in [0.2, 0.25) is 0 Å². The largest absolute Gasteiger partial charge is 0.373 e. The molecule has 0 aromatic rings. The summed E-state index contributed by atoms with van der Waals surface area (Å²) in [6, 6.07) is 0. The van der Waals surface area contributed by atoms with Crippen molar-refractivity contribution in [2.75, 3.05) is 11.5 Å². The molecule has 0 amide bonds. The van der Waals surface area contributed by atoms with E-state index in [0.717, 1.165) is 12.8 Å². The first-order valence-corrected chi connectivity index (χ1v) is 14.4. The lowest BCUT2D eigenvalue weighted by Crippen LogP contribution is -2.54. The number of ether oxygens (including phenoxy) is 3. The Morgan fingerprint density at radius 2 is 1.23 bits per heavy atom. The SMILES string of the molecule is CCC1O[C@H](OC(C)C)C(CCCSC(C)C)[C@@H](CCCSC(C)C)[C@@H]1OC(C)C. The van der Waals surface area contributed by atoms with E-state index < -0.39 is 0 Å². The van der Waals surface area contributed by atoms with E-state index in [1.165, 1.54) is 30.8 Å². The van der Waals surface area contributed by atoms with Gasteiger partial charge in [-0.3, -0.25) is 0 Å². The van der Waals surface area contributed by atoms with Crippen molar-refractivity contribution in [1.29, 1.82) is 0 Å². The normalized spacial score (nSPS) is 27.7. The van der Waals surface area contributed by atoms with Gasteiger partial charge in [0.1, 0.15) is 0 Å². The molecule has 0 radical (unpaired) electrons. The zero-order valence-corrected chi connectivity index (χ0v) is 22.8. The third-order valence-electron chi connectivity index (χ3n) is 5.50. The van der Waals surface area contributed by atoms with Crippen molar-refractivity contribution in [3.05, 3.63) is 0 Å². The van der Waals surface area contributed by atoms with Crippen molar-refractivity contribution in [2.24, 2.45) is 11.8 Å². The fourth-order valence-corrected chi connectivity index (χ4v) is 5.92. The minimum Gasteiger partial charge on any atom is -0.373 e. The van der Waals surface area contributed by atoms with Gasteiger partial charge in [-0.1, -0.05) is 34.6 Å². The molecule has 0 aromatic carbocycles. The van der Waals surface area contributed by atoms with Crippen LogP contribution < -0.4 is 0 Å². The van der Waals surface area contributed by atoms with Crippen LogP contribution >= 0.6 is 23.5 Å². The molecule has 0 spiro atoms. The van der Waals surface area contributed by atoms with Crippen molar-refractivity contribution in [2.45, 2.75) is 136 Å². The van der Waals surface area contributed by atoms with E-state index in [2.05, 4.69) is 85.8 Å². The van der Waals surface area contributed by atoms with E-state index in [-0.39, 0.29) is 30.7 Å². The van der Waals surface area contributed by atoms with Gasteiger partial charge in [-0.15, -0.1) is 0 Å². The summed E-state index contributed by atoms with van der Waals surface area (Å²) in [5, 5.41) is 1.40. The average Bonchev–Trinajstić information content (AvgIpc) is 2.63. The van der Waals surface area contributed by atoms with E-state index in [1.807, 2.05) is 0 Å². The highest BCUT2D eigenvalue weighted by Crippen LogP contribution is 2.41. The van der Waals surface area contributed by atoms with Crippen molar-refractivity contribution in [3.63, 3.8) is 0 Å². The molecule has 1 rings (SSSR count). The lowest BCUT2D eigenvalue weighted by atomic mass is 9.76. The molecule has 180 valence electrons. The monoisotopic (exact) mass is 462 g/mol. The minimum atomic E-state index is -0.103. The third-order valence-corrected chi connectivity index (χ3v) is 7.88. The van der Waals surface area contributed by atoms with Crippen LogP contribution in [0.3, 0.4) is 0 Å². The van der Waals surface area contributed by atoms with Crippen LogP contribution in [0.15, 0.2) is 0 Å². The topological polar surface area (TPSA) is 27.7 Å². The summed E-state index contributed by atoms with van der Waals surface area (Å²) in [5.41, 5.74) is 0. The van der Waals surface area contributed by atoms with Gasteiger partial charge in [0.15, 0.2) is 6.29 Å². The molecule has 1 fully saturated rings. The molecule has 5 atom stereocenters. The lowest BCUT2D eigenvalue weighted by Gasteiger charge is -2.48. The molecule has 1 heterocycles. The van der Waals surface area contributed by atoms with Gasteiger partial charge in [0.05, 0.1) is 24.4 Å². The zero-order chi connectivity index (χ0) is 22.7. The fourth-order valence-electron chi connectivity index (χ4n) is 4.31. The molecule has 5 heteroatoms. The van der Waals surface area contributed by atoms with E-state index in [0.29, 0.717) is 22.3 Å². The first-order chi connectivity index (χ1) is 14.1. The number of rotatable bonds is 15. The molecule has 0 bridgehead atoms. The van der Waals surface area contributed by atoms with Gasteiger partial charge in [-0.05, 0) is 87.7 Å². The molecular formula is C25H50O3S2. The van der Waals surface area contributed by atoms with E-state index in [4.69, 9.17) is 14.2 Å². The predicted octanol–water partition coefficient (Wildman–Crippen LogP) is 7.42. The van der Waals surface area contributed by atoms with Crippen molar-refractivity contribution >= 4 is 23.5 Å². The van der Waals surface area contributed by atoms with Crippen LogP contribution in [0.25, 0.3) is 0 Å². The van der Waals surface area contributed by atoms with Gasteiger partial charge in [0.25, 0.3) is 0 Å². The molecule has 1 aliphatic rings. The standard InChI is InChI=1S/C25H50O3S2/c1-10-23-24(26-17(2)3)21(13-11-15-29-19(6)7)22(14-12-16-30-20(8)9)25(28-23)27-18(4)5/h17-25H,10-16H2,1-9H3/t21-,22?,23?,24+,25+/m1/s1. The molecule has 0 aromatic heterocycles. The van der Waals surface area contributed by atoms with Crippen LogP contribution in [0.5, 0.6) is 0 Å². The van der Waals surface area contributed by atoms with Crippen LogP contribution in [-0.4, -0.2) is 52.7 Å². The Labute approximate surface area is 196 Å². The smallest absolute Gasteiger partial charge is 0.161 e. The molecule has 1 saturated heterocycles. The maximum absolute atomic E-state index is 6.57. The summed E-state index contributed by atoms with van der Waals surface area (Å²) in [4.78, 5) is 0. The van der Waals surface area contributed by atoms with Crippen LogP contribution in [0.2, 0.25) is 0 Å². The van der Waals surface area contributed by atoms with Crippen LogP contribution in [0.1, 0.15) is 94.4 Å². The quantitative estimate of drug-likeness (QED) is 0.236. The summed E-state index contributed by atoms with van der Waals surface area (Å²) >= 11 is 4.13. The summed E-state index contributed by atoms with van der Waals surface area (Å²) in [6.45, 7) is 19.9. The third kappa shape index (κ3) is 10.9. The highest BCUT2D eigenvalue weighted by Gasteiger charge is 2.46. The van der Waals surface area contributed by atoms with Crippen molar-refractivity contribution < 1.29 is 14.2 Å². The molecular weight excluding hydrogens is 412 g/mol. The zero-order valence-electron chi connectivity index (χ0n) is 21.2. The molecule has 1 aliphatic heterocycles. The second-order valence-electron chi connectivity index (χ2n) is 9.74. The molecule has 3 nitrogen and oxygen atoms in total. The average molecular weight is 463 g/mol. The van der Waals surface area contributed by atoms with E-state index in [9.17, 15) is 0 Å². The Kier molecular flexibility index (Phi) is 14.7. The molecule has 0 N–H and O–H groups in total. The van der Waals surface area contributed by atoms with Crippen molar-refractivity contribution in [1.82, 2.24) is 0 Å². The number of thioether (sulfide) groups is 2. The summed E-state index contributed by atoms with van der Waals surface area (Å²) < 4.78 is 19.4. The number of hydrogen-bond acceptors (Lipinski definition) is 5. The molecule has 2 unspecified atom stereocenters. The van der Waals surface area contributed by atoms with Crippen molar-refractivity contribution in [3.8, 4) is 0 Å². The summed E-state index contributed by atoms with van der Waals surface area (Å²) in [6.07, 6.45) is 6.40. The van der Waals surface area contributed by atoms with Gasteiger partial charge >= 0.3 is 0 Å². The highest BCUT2D eigenvalue weighted by molar-refractivity contribution is 8.00. The summed E-state index contributed by atoms with van der Waals surface area (Å²) in [7, 11) is 0. The maximum Gasteiger partial charge on any atom is 0.161 e. The predicted molar refractivity (Wildman–Crippen MR) is 136 cm³/mol. The molecule has 0 saturated carbocycles. The Balaban J connectivity index is 2.99.